The number of carboxylic acids is 1. The predicted molar refractivity (Wildman–Crippen MR) is 71.0 cm³/mol. The summed E-state index contributed by atoms with van der Waals surface area (Å²) in [6.45, 7) is -0.348. The Bertz CT molecular complexity index is 688. The van der Waals surface area contributed by atoms with Gasteiger partial charge in [-0.05, 0) is 22.4 Å². The molecule has 0 saturated carbocycles. The highest BCUT2D eigenvalue weighted by Gasteiger charge is 2.20. The molecule has 19 heavy (non-hydrogen) atoms. The van der Waals surface area contributed by atoms with Gasteiger partial charge in [0, 0.05) is 5.56 Å². The highest BCUT2D eigenvalue weighted by Crippen LogP contribution is 2.38. The molecule has 4 heteroatoms. The van der Waals surface area contributed by atoms with Crippen LogP contribution in [-0.2, 0) is 9.53 Å². The SMILES string of the molecule is O=C(O)COC1C=Cc2c(O)ccc3cccc1c23. The van der Waals surface area contributed by atoms with Crippen LogP contribution in [0.5, 0.6) is 5.75 Å². The number of carboxylic acid groups (broad SMARTS) is 1. The molecule has 2 aromatic carbocycles. The largest absolute Gasteiger partial charge is 0.507 e. The summed E-state index contributed by atoms with van der Waals surface area (Å²) in [6.07, 6.45) is 3.14. The molecule has 1 aliphatic carbocycles. The smallest absolute Gasteiger partial charge is 0.329 e. The number of aromatic hydroxyl groups is 1. The maximum absolute atomic E-state index is 10.6. The van der Waals surface area contributed by atoms with E-state index in [1.807, 2.05) is 24.3 Å². The maximum Gasteiger partial charge on any atom is 0.329 e. The van der Waals surface area contributed by atoms with E-state index < -0.39 is 12.1 Å². The average molecular weight is 256 g/mol. The standard InChI is InChI=1S/C15H12O4/c16-12-6-4-9-2-1-3-11-13(19-8-14(17)18)7-5-10(12)15(9)11/h1-7,13,16H,8H2,(H,17,18). The van der Waals surface area contributed by atoms with E-state index in [-0.39, 0.29) is 12.4 Å². The van der Waals surface area contributed by atoms with Crippen molar-refractivity contribution in [2.24, 2.45) is 0 Å². The predicted octanol–water partition coefficient (Wildman–Crippen LogP) is 2.71. The van der Waals surface area contributed by atoms with Gasteiger partial charge in [-0.25, -0.2) is 4.79 Å². The molecule has 0 spiro atoms. The summed E-state index contributed by atoms with van der Waals surface area (Å²) in [4.78, 5) is 10.6. The monoisotopic (exact) mass is 256 g/mol. The van der Waals surface area contributed by atoms with Crippen LogP contribution in [-0.4, -0.2) is 22.8 Å². The molecule has 0 aromatic heterocycles. The van der Waals surface area contributed by atoms with Crippen LogP contribution in [0.2, 0.25) is 0 Å². The Morgan fingerprint density at radius 3 is 2.89 bits per heavy atom. The normalized spacial score (nSPS) is 16.7. The number of ether oxygens (including phenoxy) is 1. The summed E-state index contributed by atoms with van der Waals surface area (Å²) in [6, 6.07) is 9.24. The van der Waals surface area contributed by atoms with Crippen molar-refractivity contribution in [2.75, 3.05) is 6.61 Å². The van der Waals surface area contributed by atoms with Gasteiger partial charge in [0.15, 0.2) is 0 Å². The van der Waals surface area contributed by atoms with Gasteiger partial charge in [-0.15, -0.1) is 0 Å². The third kappa shape index (κ3) is 1.96. The number of hydrogen-bond donors (Lipinski definition) is 2. The molecular weight excluding hydrogens is 244 g/mol. The van der Waals surface area contributed by atoms with Gasteiger partial charge in [-0.3, -0.25) is 0 Å². The van der Waals surface area contributed by atoms with Gasteiger partial charge in [0.25, 0.3) is 0 Å². The number of rotatable bonds is 3. The first-order chi connectivity index (χ1) is 9.16. The van der Waals surface area contributed by atoms with E-state index in [9.17, 15) is 9.90 Å². The fourth-order valence-electron chi connectivity index (χ4n) is 2.42. The van der Waals surface area contributed by atoms with Gasteiger partial charge in [0.1, 0.15) is 18.5 Å². The number of phenols is 1. The summed E-state index contributed by atoms with van der Waals surface area (Å²) < 4.78 is 5.36. The molecular formula is C15H12O4. The fourth-order valence-corrected chi connectivity index (χ4v) is 2.42. The number of aliphatic carboxylic acids is 1. The van der Waals surface area contributed by atoms with Crippen molar-refractivity contribution in [3.63, 3.8) is 0 Å². The first-order valence-corrected chi connectivity index (χ1v) is 5.93. The molecule has 3 rings (SSSR count). The van der Waals surface area contributed by atoms with Gasteiger partial charge in [-0.2, -0.15) is 0 Å². The molecule has 0 heterocycles. The topological polar surface area (TPSA) is 66.8 Å². The lowest BCUT2D eigenvalue weighted by Gasteiger charge is -2.21. The Kier molecular flexibility index (Phi) is 2.72. The molecule has 96 valence electrons. The quantitative estimate of drug-likeness (QED) is 0.886. The first-order valence-electron chi connectivity index (χ1n) is 5.93. The van der Waals surface area contributed by atoms with Crippen molar-refractivity contribution < 1.29 is 19.7 Å². The number of benzene rings is 2. The second-order valence-electron chi connectivity index (χ2n) is 4.43. The Balaban J connectivity index is 2.12. The van der Waals surface area contributed by atoms with Crippen LogP contribution >= 0.6 is 0 Å². The number of carbonyl (C=O) groups is 1. The van der Waals surface area contributed by atoms with Gasteiger partial charge in [-0.1, -0.05) is 36.4 Å². The third-order valence-corrected chi connectivity index (χ3v) is 3.23. The Morgan fingerprint density at radius 1 is 1.26 bits per heavy atom. The zero-order chi connectivity index (χ0) is 13.4. The maximum atomic E-state index is 10.6. The van der Waals surface area contributed by atoms with Crippen LogP contribution in [0.1, 0.15) is 17.2 Å². The van der Waals surface area contributed by atoms with E-state index in [0.717, 1.165) is 21.9 Å². The van der Waals surface area contributed by atoms with E-state index in [1.54, 1.807) is 18.2 Å². The molecule has 0 amide bonds. The van der Waals surface area contributed by atoms with Crippen LogP contribution in [0.4, 0.5) is 0 Å². The lowest BCUT2D eigenvalue weighted by atomic mass is 9.91. The van der Waals surface area contributed by atoms with E-state index in [4.69, 9.17) is 9.84 Å². The molecule has 0 bridgehead atoms. The van der Waals surface area contributed by atoms with Gasteiger partial charge in [0.2, 0.25) is 0 Å². The van der Waals surface area contributed by atoms with Crippen molar-refractivity contribution in [2.45, 2.75) is 6.10 Å². The molecule has 0 fully saturated rings. The summed E-state index contributed by atoms with van der Waals surface area (Å²) in [5.41, 5.74) is 1.63. The van der Waals surface area contributed by atoms with Crippen molar-refractivity contribution in [1.82, 2.24) is 0 Å². The molecule has 1 unspecified atom stereocenters. The second kappa shape index (κ2) is 4.40. The highest BCUT2D eigenvalue weighted by atomic mass is 16.5. The highest BCUT2D eigenvalue weighted by molar-refractivity contribution is 5.97. The third-order valence-electron chi connectivity index (χ3n) is 3.23. The molecule has 0 aliphatic heterocycles. The lowest BCUT2D eigenvalue weighted by molar-refractivity contribution is -0.143. The second-order valence-corrected chi connectivity index (χ2v) is 4.43. The van der Waals surface area contributed by atoms with Crippen molar-refractivity contribution in [1.29, 1.82) is 0 Å². The van der Waals surface area contributed by atoms with E-state index in [2.05, 4.69) is 0 Å². The lowest BCUT2D eigenvalue weighted by Crippen LogP contribution is -2.12. The minimum absolute atomic E-state index is 0.216. The van der Waals surface area contributed by atoms with E-state index in [0.29, 0.717) is 0 Å². The van der Waals surface area contributed by atoms with Crippen LogP contribution in [0.3, 0.4) is 0 Å². The molecule has 2 aromatic rings. The zero-order valence-electron chi connectivity index (χ0n) is 10.0. The molecule has 1 atom stereocenters. The number of phenolic OH excluding ortho intramolecular Hbond substituents is 1. The molecule has 0 saturated heterocycles. The Labute approximate surface area is 109 Å². The van der Waals surface area contributed by atoms with Crippen molar-refractivity contribution in [3.8, 4) is 5.75 Å². The average Bonchev–Trinajstić information content (AvgIpc) is 2.41. The Morgan fingerprint density at radius 2 is 2.11 bits per heavy atom. The van der Waals surface area contributed by atoms with Crippen LogP contribution in [0.25, 0.3) is 16.8 Å². The number of hydrogen-bond acceptors (Lipinski definition) is 3. The molecule has 2 N–H and O–H groups in total. The minimum Gasteiger partial charge on any atom is -0.507 e. The van der Waals surface area contributed by atoms with E-state index >= 15 is 0 Å². The van der Waals surface area contributed by atoms with Gasteiger partial charge < -0.3 is 14.9 Å². The van der Waals surface area contributed by atoms with Crippen molar-refractivity contribution in [3.05, 3.63) is 47.5 Å². The van der Waals surface area contributed by atoms with Gasteiger partial charge >= 0.3 is 5.97 Å². The first kappa shape index (κ1) is 11.7. The van der Waals surface area contributed by atoms with Crippen LogP contribution in [0.15, 0.2) is 36.4 Å². The molecule has 1 aliphatic rings. The van der Waals surface area contributed by atoms with Crippen LogP contribution in [0, 0.1) is 0 Å². The molecule has 0 radical (unpaired) electrons. The molecule has 4 nitrogen and oxygen atoms in total. The van der Waals surface area contributed by atoms with E-state index in [1.165, 1.54) is 0 Å². The zero-order valence-corrected chi connectivity index (χ0v) is 10.0. The minimum atomic E-state index is -0.998. The van der Waals surface area contributed by atoms with Crippen molar-refractivity contribution >= 4 is 22.8 Å². The summed E-state index contributed by atoms with van der Waals surface area (Å²) in [7, 11) is 0. The fraction of sp³-hybridized carbons (Fsp3) is 0.133. The summed E-state index contributed by atoms with van der Waals surface area (Å²) in [5, 5.41) is 20.5. The van der Waals surface area contributed by atoms with Crippen LogP contribution < -0.4 is 0 Å². The van der Waals surface area contributed by atoms with Gasteiger partial charge in [0.05, 0.1) is 0 Å². The summed E-state index contributed by atoms with van der Waals surface area (Å²) >= 11 is 0. The Hall–Kier alpha value is -2.33. The summed E-state index contributed by atoms with van der Waals surface area (Å²) in [5.74, 6) is -0.782.